The Labute approximate surface area is 199 Å². The van der Waals surface area contributed by atoms with Gasteiger partial charge in [0.15, 0.2) is 0 Å². The minimum atomic E-state index is -1.04. The molecular weight excluding hydrogens is 456 g/mol. The number of aromatic nitrogens is 3. The van der Waals surface area contributed by atoms with Crippen molar-refractivity contribution in [2.45, 2.75) is 32.0 Å². The number of hydrogen-bond donors (Lipinski definition) is 1. The molecule has 4 aromatic rings. The number of carbonyl (C=O) groups is 1. The number of thiophene rings is 1. The largest absolute Gasteiger partial charge is 0.491 e. The monoisotopic (exact) mass is 480 g/mol. The van der Waals surface area contributed by atoms with Crippen molar-refractivity contribution in [2.75, 3.05) is 13.2 Å². The van der Waals surface area contributed by atoms with E-state index in [9.17, 15) is 9.90 Å². The zero-order valence-corrected chi connectivity index (χ0v) is 19.8. The van der Waals surface area contributed by atoms with Crippen molar-refractivity contribution in [3.63, 3.8) is 0 Å². The molecule has 1 N–H and O–H groups in total. The quantitative estimate of drug-likeness (QED) is 0.442. The Kier molecular flexibility index (Phi) is 6.01. The molecular formula is C24H24N4O3S2. The molecule has 3 aromatic heterocycles. The third-order valence-corrected chi connectivity index (χ3v) is 7.67. The van der Waals surface area contributed by atoms with Crippen LogP contribution in [0.2, 0.25) is 0 Å². The first-order valence-electron chi connectivity index (χ1n) is 10.7. The molecule has 0 fully saturated rings. The van der Waals surface area contributed by atoms with E-state index in [0.29, 0.717) is 38.4 Å². The first-order chi connectivity index (χ1) is 16.0. The summed E-state index contributed by atoms with van der Waals surface area (Å²) < 4.78 is 7.71. The van der Waals surface area contributed by atoms with E-state index < -0.39 is 5.60 Å². The molecule has 1 atom stereocenters. The van der Waals surface area contributed by atoms with Gasteiger partial charge in [0.1, 0.15) is 23.1 Å². The zero-order valence-electron chi connectivity index (χ0n) is 18.2. The number of rotatable bonds is 6. The summed E-state index contributed by atoms with van der Waals surface area (Å²) in [7, 11) is 0. The lowest BCUT2D eigenvalue weighted by molar-refractivity contribution is 0.0419. The first-order valence-corrected chi connectivity index (χ1v) is 12.5. The van der Waals surface area contributed by atoms with Gasteiger partial charge in [0.05, 0.1) is 17.0 Å². The number of fused-ring (bicyclic) bond motifs is 1. The summed E-state index contributed by atoms with van der Waals surface area (Å²) in [5.41, 5.74) is 1.09. The van der Waals surface area contributed by atoms with Gasteiger partial charge in [-0.2, -0.15) is 5.10 Å². The van der Waals surface area contributed by atoms with Crippen molar-refractivity contribution in [3.05, 3.63) is 76.4 Å². The van der Waals surface area contributed by atoms with E-state index in [1.54, 1.807) is 34.0 Å². The number of aryl methyl sites for hydroxylation is 1. The fourth-order valence-corrected chi connectivity index (χ4v) is 5.47. The van der Waals surface area contributed by atoms with Gasteiger partial charge in [-0.1, -0.05) is 12.1 Å². The lowest BCUT2D eigenvalue weighted by atomic mass is 9.91. The predicted molar refractivity (Wildman–Crippen MR) is 129 cm³/mol. The van der Waals surface area contributed by atoms with Crippen LogP contribution in [-0.2, 0) is 18.7 Å². The Bertz CT molecular complexity index is 1230. The van der Waals surface area contributed by atoms with E-state index >= 15 is 0 Å². The molecule has 0 saturated heterocycles. The van der Waals surface area contributed by atoms with Crippen LogP contribution in [0.4, 0.5) is 0 Å². The fraction of sp³-hybridized carbons (Fsp3) is 0.292. The maximum atomic E-state index is 13.2. The van der Waals surface area contributed by atoms with Crippen LogP contribution in [0.3, 0.4) is 0 Å². The van der Waals surface area contributed by atoms with Crippen molar-refractivity contribution in [2.24, 2.45) is 0 Å². The van der Waals surface area contributed by atoms with Crippen molar-refractivity contribution >= 4 is 28.6 Å². The molecule has 1 amide bonds. The Hall–Kier alpha value is -3.01. The molecule has 0 bridgehead atoms. The second-order valence-corrected chi connectivity index (χ2v) is 10.0. The fourth-order valence-electron chi connectivity index (χ4n) is 3.86. The van der Waals surface area contributed by atoms with Crippen LogP contribution in [0.15, 0.2) is 59.6 Å². The van der Waals surface area contributed by atoms with Crippen molar-refractivity contribution < 1.29 is 14.6 Å². The second-order valence-electron chi connectivity index (χ2n) is 8.21. The summed E-state index contributed by atoms with van der Waals surface area (Å²) in [6.07, 6.45) is 4.12. The van der Waals surface area contributed by atoms with E-state index in [2.05, 4.69) is 10.1 Å². The molecule has 4 heterocycles. The average molecular weight is 481 g/mol. The number of ether oxygens (including phenoxy) is 1. The summed E-state index contributed by atoms with van der Waals surface area (Å²) in [5.74, 6) is 0.635. The van der Waals surface area contributed by atoms with Gasteiger partial charge in [-0.25, -0.2) is 4.98 Å². The third-order valence-electron chi connectivity index (χ3n) is 5.79. The molecule has 9 heteroatoms. The maximum Gasteiger partial charge on any atom is 0.273 e. The van der Waals surface area contributed by atoms with Gasteiger partial charge in [0.25, 0.3) is 5.91 Å². The van der Waals surface area contributed by atoms with Gasteiger partial charge in [0, 0.05) is 36.4 Å². The molecule has 0 radical (unpaired) electrons. The number of amides is 1. The van der Waals surface area contributed by atoms with Gasteiger partial charge in [0.2, 0.25) is 0 Å². The molecule has 7 nitrogen and oxygen atoms in total. The highest BCUT2D eigenvalue weighted by Gasteiger charge is 2.27. The summed E-state index contributed by atoms with van der Waals surface area (Å²) in [4.78, 5) is 20.6. The third kappa shape index (κ3) is 4.71. The summed E-state index contributed by atoms with van der Waals surface area (Å²) >= 11 is 3.09. The smallest absolute Gasteiger partial charge is 0.273 e. The lowest BCUT2D eigenvalue weighted by Gasteiger charge is -2.25. The van der Waals surface area contributed by atoms with Gasteiger partial charge in [-0.05, 0) is 48.6 Å². The number of thiazole rings is 1. The highest BCUT2D eigenvalue weighted by atomic mass is 32.1. The van der Waals surface area contributed by atoms with Gasteiger partial charge >= 0.3 is 0 Å². The molecule has 5 rings (SSSR count). The molecule has 0 aliphatic carbocycles. The average Bonchev–Trinajstić information content (AvgIpc) is 3.57. The highest BCUT2D eigenvalue weighted by Crippen LogP contribution is 2.32. The van der Waals surface area contributed by atoms with E-state index in [1.165, 1.54) is 11.3 Å². The second kappa shape index (κ2) is 9.09. The molecule has 0 spiro atoms. The SMILES string of the molecule is CC(O)(CCn1cccn1)c1ccc2c(c1)CN(C(=O)c1csc(-c3cccs3)n1)CCO2. The Balaban J connectivity index is 1.34. The van der Waals surface area contributed by atoms with Crippen molar-refractivity contribution in [1.82, 2.24) is 19.7 Å². The zero-order chi connectivity index (χ0) is 22.8. The number of hydrogen-bond acceptors (Lipinski definition) is 7. The summed E-state index contributed by atoms with van der Waals surface area (Å²) in [6.45, 7) is 3.71. The van der Waals surface area contributed by atoms with E-state index in [1.807, 2.05) is 53.4 Å². The van der Waals surface area contributed by atoms with Crippen LogP contribution in [0.1, 0.15) is 35.0 Å². The topological polar surface area (TPSA) is 80.5 Å². The number of nitrogens with zero attached hydrogens (tertiary/aromatic N) is 4. The summed E-state index contributed by atoms with van der Waals surface area (Å²) in [6, 6.07) is 11.6. The van der Waals surface area contributed by atoms with E-state index in [4.69, 9.17) is 4.74 Å². The number of carbonyl (C=O) groups excluding carboxylic acids is 1. The van der Waals surface area contributed by atoms with Crippen LogP contribution >= 0.6 is 22.7 Å². The molecule has 1 aliphatic rings. The van der Waals surface area contributed by atoms with E-state index in [-0.39, 0.29) is 5.91 Å². The molecule has 1 unspecified atom stereocenters. The molecule has 33 heavy (non-hydrogen) atoms. The van der Waals surface area contributed by atoms with Crippen LogP contribution in [0.25, 0.3) is 9.88 Å². The summed E-state index contributed by atoms with van der Waals surface area (Å²) in [5, 5.41) is 20.0. The Morgan fingerprint density at radius 3 is 2.97 bits per heavy atom. The standard InChI is InChI=1S/C24H24N4O3S2/c1-24(30,7-10-28-9-3-8-25-28)18-5-6-20-17(14-18)15-27(11-12-31-20)23(29)19-16-33-22(26-19)21-4-2-13-32-21/h2-6,8-9,13-14,16,30H,7,10-12,15H2,1H3. The Morgan fingerprint density at radius 2 is 2.18 bits per heavy atom. The molecule has 1 aromatic carbocycles. The Morgan fingerprint density at radius 1 is 1.27 bits per heavy atom. The maximum absolute atomic E-state index is 13.2. The van der Waals surface area contributed by atoms with Crippen LogP contribution in [0.5, 0.6) is 5.75 Å². The highest BCUT2D eigenvalue weighted by molar-refractivity contribution is 7.20. The molecule has 0 saturated carbocycles. The van der Waals surface area contributed by atoms with Gasteiger partial charge in [-0.15, -0.1) is 22.7 Å². The van der Waals surface area contributed by atoms with Crippen molar-refractivity contribution in [1.29, 1.82) is 0 Å². The van der Waals surface area contributed by atoms with Crippen LogP contribution in [0, 0.1) is 0 Å². The molecule has 1 aliphatic heterocycles. The van der Waals surface area contributed by atoms with Crippen LogP contribution in [-0.4, -0.2) is 43.8 Å². The minimum absolute atomic E-state index is 0.110. The number of aliphatic hydroxyl groups is 1. The minimum Gasteiger partial charge on any atom is -0.491 e. The van der Waals surface area contributed by atoms with Gasteiger partial charge in [-0.3, -0.25) is 9.48 Å². The van der Waals surface area contributed by atoms with Crippen LogP contribution < -0.4 is 4.74 Å². The van der Waals surface area contributed by atoms with Gasteiger partial charge < -0.3 is 14.7 Å². The number of benzene rings is 1. The normalized spacial score (nSPS) is 15.4. The predicted octanol–water partition coefficient (Wildman–Crippen LogP) is 4.40. The van der Waals surface area contributed by atoms with E-state index in [0.717, 1.165) is 26.8 Å². The molecule has 170 valence electrons. The first kappa shape index (κ1) is 21.8. The van der Waals surface area contributed by atoms with Crippen molar-refractivity contribution in [3.8, 4) is 15.6 Å². The lowest BCUT2D eigenvalue weighted by Crippen LogP contribution is -2.32.